The second-order valence-electron chi connectivity index (χ2n) is 12.7. The van der Waals surface area contributed by atoms with Crippen LogP contribution in [0.5, 0.6) is 0 Å². The fourth-order valence-corrected chi connectivity index (χ4v) is 8.57. The average Bonchev–Trinajstić information content (AvgIpc) is 3.32. The molecule has 0 spiro atoms. The van der Waals surface area contributed by atoms with Crippen LogP contribution in [0.4, 0.5) is 0 Å². The lowest BCUT2D eigenvalue weighted by molar-refractivity contribution is -0.128. The fourth-order valence-electron chi connectivity index (χ4n) is 7.14. The number of ether oxygens (including phenoxy) is 1. The Morgan fingerprint density at radius 3 is 2.23 bits per heavy atom. The molecule has 6 rings (SSSR count). The Labute approximate surface area is 260 Å². The van der Waals surface area contributed by atoms with E-state index in [1.807, 2.05) is 62.5 Å². The summed E-state index contributed by atoms with van der Waals surface area (Å²) < 4.78 is 37.5. The SMILES string of the molecule is CC1(C)C2CCC1(CS(=O)(=O)O)C(=O)C2.Clc1ccc([C@H](OC2CCN(Cc3ccccc3)CC2)c2ccccn2)cc1. The lowest BCUT2D eigenvalue weighted by Gasteiger charge is -2.35. The Balaban J connectivity index is 0.000000207. The number of piperidine rings is 1. The number of benzene rings is 2. The molecular weight excluding hydrogens is 584 g/mol. The molecule has 2 bridgehead atoms. The Bertz CT molecular complexity index is 1480. The highest BCUT2D eigenvalue weighted by Crippen LogP contribution is 2.64. The van der Waals surface area contributed by atoms with E-state index in [0.717, 1.165) is 55.2 Å². The fraction of sp³-hybridized carbons (Fsp3) is 0.471. The summed E-state index contributed by atoms with van der Waals surface area (Å²) in [6, 6.07) is 24.5. The number of likely N-dealkylation sites (tertiary alicyclic amines) is 1. The zero-order chi connectivity index (χ0) is 30.7. The Morgan fingerprint density at radius 1 is 1.00 bits per heavy atom. The predicted molar refractivity (Wildman–Crippen MR) is 168 cm³/mol. The van der Waals surface area contributed by atoms with Crippen molar-refractivity contribution in [1.29, 1.82) is 0 Å². The number of carbonyl (C=O) groups excluding carboxylic acids is 1. The maximum absolute atomic E-state index is 11.9. The molecule has 0 amide bonds. The van der Waals surface area contributed by atoms with E-state index < -0.39 is 21.3 Å². The third-order valence-electron chi connectivity index (χ3n) is 9.81. The topological polar surface area (TPSA) is 96.8 Å². The summed E-state index contributed by atoms with van der Waals surface area (Å²) in [5, 5.41) is 0.734. The van der Waals surface area contributed by atoms with Gasteiger partial charge in [0.25, 0.3) is 10.1 Å². The van der Waals surface area contributed by atoms with E-state index in [1.165, 1.54) is 5.56 Å². The number of aromatic nitrogens is 1. The average molecular weight is 625 g/mol. The number of halogens is 1. The molecule has 2 aromatic carbocycles. The van der Waals surface area contributed by atoms with E-state index in [4.69, 9.17) is 20.9 Å². The summed E-state index contributed by atoms with van der Waals surface area (Å²) in [6.07, 6.45) is 5.93. The molecule has 1 aromatic heterocycles. The summed E-state index contributed by atoms with van der Waals surface area (Å²) >= 11 is 6.07. The van der Waals surface area contributed by atoms with E-state index in [-0.39, 0.29) is 29.3 Å². The van der Waals surface area contributed by atoms with Crippen molar-refractivity contribution < 1.29 is 22.5 Å². The van der Waals surface area contributed by atoms with Gasteiger partial charge in [-0.2, -0.15) is 8.42 Å². The minimum atomic E-state index is -4.08. The maximum atomic E-state index is 11.9. The van der Waals surface area contributed by atoms with Crippen molar-refractivity contribution >= 4 is 27.5 Å². The molecule has 9 heteroatoms. The van der Waals surface area contributed by atoms with Crippen LogP contribution in [0.2, 0.25) is 5.02 Å². The number of fused-ring (bicyclic) bond motifs is 2. The second-order valence-corrected chi connectivity index (χ2v) is 14.6. The van der Waals surface area contributed by atoms with Crippen molar-refractivity contribution in [1.82, 2.24) is 9.88 Å². The first kappa shape index (κ1) is 31.8. The van der Waals surface area contributed by atoms with Gasteiger partial charge in [0.05, 0.1) is 23.0 Å². The molecule has 43 heavy (non-hydrogen) atoms. The van der Waals surface area contributed by atoms with Gasteiger partial charge in [-0.15, -0.1) is 0 Å². The third-order valence-corrected chi connectivity index (χ3v) is 10.9. The van der Waals surface area contributed by atoms with E-state index in [1.54, 1.807) is 0 Å². The van der Waals surface area contributed by atoms with Crippen LogP contribution >= 0.6 is 11.6 Å². The first-order valence-corrected chi connectivity index (χ1v) is 17.0. The minimum Gasteiger partial charge on any atom is -0.364 e. The van der Waals surface area contributed by atoms with Crippen molar-refractivity contribution in [3.8, 4) is 0 Å². The highest BCUT2D eigenvalue weighted by atomic mass is 35.5. The van der Waals surface area contributed by atoms with E-state index in [0.29, 0.717) is 12.8 Å². The first-order valence-electron chi connectivity index (χ1n) is 15.0. The molecule has 2 saturated carbocycles. The number of pyridine rings is 1. The molecule has 1 N–H and O–H groups in total. The van der Waals surface area contributed by atoms with Gasteiger partial charge < -0.3 is 4.74 Å². The molecule has 7 nitrogen and oxygen atoms in total. The van der Waals surface area contributed by atoms with Crippen LogP contribution in [0, 0.1) is 16.7 Å². The van der Waals surface area contributed by atoms with Gasteiger partial charge in [0.15, 0.2) is 0 Å². The van der Waals surface area contributed by atoms with Crippen LogP contribution in [0.25, 0.3) is 0 Å². The van der Waals surface area contributed by atoms with Gasteiger partial charge >= 0.3 is 0 Å². The van der Waals surface area contributed by atoms with E-state index >= 15 is 0 Å². The monoisotopic (exact) mass is 624 g/mol. The Kier molecular flexibility index (Phi) is 9.73. The molecule has 3 aromatic rings. The number of nitrogens with zero attached hydrogens (tertiary/aromatic N) is 2. The highest BCUT2D eigenvalue weighted by molar-refractivity contribution is 7.85. The standard InChI is InChI=1S/C24H25ClN2O.C10H16O4S/c25-21-11-9-20(10-12-21)24(23-8-4-5-15-26-23)28-22-13-16-27(17-14-22)18-19-6-2-1-3-7-19;1-9(2)7-3-4-10(9,8(11)5-7)6-15(12,13)14/h1-12,15,22,24H,13-14,16-18H2;7H,3-6H2,1-2H3,(H,12,13,14)/t24-;/m0./s1. The van der Waals surface area contributed by atoms with Gasteiger partial charge in [0.1, 0.15) is 11.9 Å². The van der Waals surface area contributed by atoms with Gasteiger partial charge in [-0.25, -0.2) is 0 Å². The zero-order valence-electron chi connectivity index (χ0n) is 24.9. The maximum Gasteiger partial charge on any atom is 0.265 e. The number of Topliss-reactive ketones (excluding diaryl/α,β-unsaturated/α-hetero) is 1. The van der Waals surface area contributed by atoms with Crippen LogP contribution in [0.1, 0.15) is 68.9 Å². The van der Waals surface area contributed by atoms with Gasteiger partial charge in [0.2, 0.25) is 0 Å². The largest absolute Gasteiger partial charge is 0.364 e. The molecule has 2 aliphatic carbocycles. The molecule has 3 fully saturated rings. The molecule has 3 aliphatic rings. The molecule has 3 atom stereocenters. The van der Waals surface area contributed by atoms with Crippen molar-refractivity contribution in [3.63, 3.8) is 0 Å². The normalized spacial score (nSPS) is 24.4. The van der Waals surface area contributed by atoms with E-state index in [2.05, 4.69) is 40.2 Å². The smallest absolute Gasteiger partial charge is 0.265 e. The van der Waals surface area contributed by atoms with Crippen LogP contribution in [-0.4, -0.2) is 53.6 Å². The molecule has 1 aliphatic heterocycles. The summed E-state index contributed by atoms with van der Waals surface area (Å²) in [6.45, 7) is 7.00. The van der Waals surface area contributed by atoms with Crippen molar-refractivity contribution in [2.45, 2.75) is 64.7 Å². The summed E-state index contributed by atoms with van der Waals surface area (Å²) in [5.41, 5.74) is 2.28. The summed E-state index contributed by atoms with van der Waals surface area (Å²) in [7, 11) is -4.08. The number of hydrogen-bond acceptors (Lipinski definition) is 6. The quantitative estimate of drug-likeness (QED) is 0.276. The molecule has 2 heterocycles. The third kappa shape index (κ3) is 7.37. The minimum absolute atomic E-state index is 0.0152. The molecule has 0 radical (unpaired) electrons. The second kappa shape index (κ2) is 13.2. The molecule has 2 unspecified atom stereocenters. The van der Waals surface area contributed by atoms with E-state index in [9.17, 15) is 13.2 Å². The lowest BCUT2D eigenvalue weighted by Crippen LogP contribution is -2.42. The zero-order valence-corrected chi connectivity index (χ0v) is 26.4. The first-order chi connectivity index (χ1) is 20.5. The van der Waals surface area contributed by atoms with Crippen LogP contribution in [0.15, 0.2) is 79.0 Å². The molecular formula is C34H41ClN2O5S. The number of rotatable bonds is 8. The molecule has 230 valence electrons. The van der Waals surface area contributed by atoms with Crippen molar-refractivity contribution in [3.05, 3.63) is 101 Å². The number of hydrogen-bond donors (Lipinski definition) is 1. The van der Waals surface area contributed by atoms with Crippen molar-refractivity contribution in [2.24, 2.45) is 16.7 Å². The number of ketones is 1. The lowest BCUT2D eigenvalue weighted by atomic mass is 9.70. The van der Waals surface area contributed by atoms with Crippen LogP contribution < -0.4 is 0 Å². The van der Waals surface area contributed by atoms with Gasteiger partial charge in [-0.3, -0.25) is 19.2 Å². The highest BCUT2D eigenvalue weighted by Gasteiger charge is 2.65. The van der Waals surface area contributed by atoms with Crippen molar-refractivity contribution in [2.75, 3.05) is 18.8 Å². The Hall–Kier alpha value is -2.62. The van der Waals surface area contributed by atoms with Gasteiger partial charge in [0, 0.05) is 37.3 Å². The summed E-state index contributed by atoms with van der Waals surface area (Å²) in [5.74, 6) is -0.101. The predicted octanol–water partition coefficient (Wildman–Crippen LogP) is 6.78. The Morgan fingerprint density at radius 2 is 1.67 bits per heavy atom. The van der Waals surface area contributed by atoms with Gasteiger partial charge in [-0.05, 0) is 72.4 Å². The van der Waals surface area contributed by atoms with Crippen LogP contribution in [0.3, 0.4) is 0 Å². The van der Waals surface area contributed by atoms with Gasteiger partial charge in [-0.1, -0.05) is 74.0 Å². The number of carbonyl (C=O) groups is 1. The molecule has 1 saturated heterocycles. The summed E-state index contributed by atoms with van der Waals surface area (Å²) in [4.78, 5) is 18.9. The van der Waals surface area contributed by atoms with Crippen LogP contribution in [-0.2, 0) is 26.2 Å².